The first kappa shape index (κ1) is 27.7. The van der Waals surface area contributed by atoms with Crippen molar-refractivity contribution in [3.05, 3.63) is 24.3 Å². The van der Waals surface area contributed by atoms with Gasteiger partial charge >= 0.3 is 0 Å². The number of rotatable bonds is 20. The van der Waals surface area contributed by atoms with Gasteiger partial charge < -0.3 is 24.3 Å². The van der Waals surface area contributed by atoms with Crippen LogP contribution in [0.5, 0.6) is 5.75 Å². The summed E-state index contributed by atoms with van der Waals surface area (Å²) >= 11 is 0. The van der Waals surface area contributed by atoms with E-state index < -0.39 is 5.97 Å². The van der Waals surface area contributed by atoms with Gasteiger partial charge in [-0.25, -0.2) is 0 Å². The molecule has 1 aromatic rings. The summed E-state index contributed by atoms with van der Waals surface area (Å²) in [7, 11) is 1.69. The zero-order chi connectivity index (χ0) is 22.8. The summed E-state index contributed by atoms with van der Waals surface area (Å²) in [6, 6.07) is 8.07. The highest BCUT2D eigenvalue weighted by Gasteiger charge is 2.41. The molecule has 0 aliphatic rings. The van der Waals surface area contributed by atoms with Crippen molar-refractivity contribution in [2.75, 3.05) is 38.8 Å². The summed E-state index contributed by atoms with van der Waals surface area (Å²) in [6.45, 7) is 10.9. The molecule has 1 N–H and O–H groups in total. The van der Waals surface area contributed by atoms with Gasteiger partial charge in [0.25, 0.3) is 5.97 Å². The summed E-state index contributed by atoms with van der Waals surface area (Å²) < 4.78 is 23.6. The summed E-state index contributed by atoms with van der Waals surface area (Å²) in [5.41, 5.74) is 1.11. The van der Waals surface area contributed by atoms with E-state index in [1.54, 1.807) is 7.11 Å². The van der Waals surface area contributed by atoms with Gasteiger partial charge in [-0.15, -0.1) is 0 Å². The second kappa shape index (κ2) is 17.3. The molecule has 0 aromatic heterocycles. The van der Waals surface area contributed by atoms with Crippen LogP contribution in [0, 0.1) is 5.92 Å². The third-order valence-electron chi connectivity index (χ3n) is 5.59. The molecule has 1 unspecified atom stereocenters. The molecule has 0 aliphatic heterocycles. The molecule has 0 heterocycles. The average molecular weight is 438 g/mol. The number of anilines is 1. The van der Waals surface area contributed by atoms with E-state index in [-0.39, 0.29) is 5.92 Å². The molecule has 0 spiro atoms. The van der Waals surface area contributed by atoms with Crippen LogP contribution in [0.25, 0.3) is 0 Å². The molecule has 0 aliphatic carbocycles. The minimum absolute atomic E-state index is 0.219. The van der Waals surface area contributed by atoms with E-state index >= 15 is 0 Å². The lowest BCUT2D eigenvalue weighted by Crippen LogP contribution is -2.47. The SMILES string of the molecule is CCCCCCCCC(CCCNc1ccc(OC)cc1)C(OCC)(OCC)OCC. The molecule has 0 radical (unpaired) electrons. The molecule has 0 saturated heterocycles. The number of nitrogens with one attached hydrogen (secondary N) is 1. The molecular weight excluding hydrogens is 390 g/mol. The van der Waals surface area contributed by atoms with Crippen molar-refractivity contribution in [3.63, 3.8) is 0 Å². The van der Waals surface area contributed by atoms with Crippen LogP contribution in [0.2, 0.25) is 0 Å². The Kier molecular flexibility index (Phi) is 15.5. The van der Waals surface area contributed by atoms with E-state index in [0.717, 1.165) is 37.2 Å². The molecule has 31 heavy (non-hydrogen) atoms. The van der Waals surface area contributed by atoms with Gasteiger partial charge in [-0.3, -0.25) is 0 Å². The van der Waals surface area contributed by atoms with Gasteiger partial charge in [-0.1, -0.05) is 45.4 Å². The normalized spacial score (nSPS) is 12.7. The second-order valence-corrected chi connectivity index (χ2v) is 7.95. The first-order valence-electron chi connectivity index (χ1n) is 12.4. The molecule has 0 fully saturated rings. The molecule has 5 nitrogen and oxygen atoms in total. The van der Waals surface area contributed by atoms with E-state index in [1.165, 1.54) is 38.5 Å². The van der Waals surface area contributed by atoms with Crippen LogP contribution in [0.3, 0.4) is 0 Å². The highest BCUT2D eigenvalue weighted by Crippen LogP contribution is 2.34. The number of hydrogen-bond acceptors (Lipinski definition) is 5. The zero-order valence-corrected chi connectivity index (χ0v) is 20.7. The number of unbranched alkanes of at least 4 members (excludes halogenated alkanes) is 5. The quantitative estimate of drug-likeness (QED) is 0.175. The lowest BCUT2D eigenvalue weighted by molar-refractivity contribution is -0.403. The Bertz CT molecular complexity index is 518. The zero-order valence-electron chi connectivity index (χ0n) is 20.7. The first-order valence-corrected chi connectivity index (χ1v) is 12.4. The van der Waals surface area contributed by atoms with Crippen molar-refractivity contribution in [1.82, 2.24) is 0 Å². The van der Waals surface area contributed by atoms with Gasteiger partial charge in [0.2, 0.25) is 0 Å². The van der Waals surface area contributed by atoms with Crippen LogP contribution in [0.15, 0.2) is 24.3 Å². The Hall–Kier alpha value is -1.30. The lowest BCUT2D eigenvalue weighted by atomic mass is 9.92. The van der Waals surface area contributed by atoms with Crippen LogP contribution in [0.4, 0.5) is 5.69 Å². The van der Waals surface area contributed by atoms with Crippen molar-refractivity contribution in [2.24, 2.45) is 5.92 Å². The third kappa shape index (κ3) is 10.7. The summed E-state index contributed by atoms with van der Waals surface area (Å²) in [4.78, 5) is 0. The fraction of sp³-hybridized carbons (Fsp3) is 0.769. The lowest BCUT2D eigenvalue weighted by Gasteiger charge is -2.39. The summed E-state index contributed by atoms with van der Waals surface area (Å²) in [6.07, 6.45) is 10.8. The molecule has 1 atom stereocenters. The largest absolute Gasteiger partial charge is 0.497 e. The maximum absolute atomic E-state index is 6.13. The minimum atomic E-state index is -0.929. The molecule has 1 rings (SSSR count). The molecule has 0 amide bonds. The van der Waals surface area contributed by atoms with Gasteiger partial charge in [-0.2, -0.15) is 0 Å². The van der Waals surface area contributed by atoms with Crippen molar-refractivity contribution in [3.8, 4) is 5.75 Å². The Morgan fingerprint density at radius 3 is 1.84 bits per heavy atom. The van der Waals surface area contributed by atoms with Crippen LogP contribution >= 0.6 is 0 Å². The number of methoxy groups -OCH3 is 1. The van der Waals surface area contributed by atoms with Crippen molar-refractivity contribution in [2.45, 2.75) is 91.5 Å². The summed E-state index contributed by atoms with van der Waals surface area (Å²) in [5.74, 6) is 0.164. The molecule has 1 aromatic carbocycles. The second-order valence-electron chi connectivity index (χ2n) is 7.95. The van der Waals surface area contributed by atoms with Crippen LogP contribution < -0.4 is 10.1 Å². The highest BCUT2D eigenvalue weighted by atomic mass is 16.9. The molecule has 0 bridgehead atoms. The Morgan fingerprint density at radius 1 is 0.742 bits per heavy atom. The van der Waals surface area contributed by atoms with Gasteiger partial charge in [0, 0.05) is 38.0 Å². The van der Waals surface area contributed by atoms with Crippen LogP contribution in [-0.4, -0.2) is 39.4 Å². The molecule has 0 saturated carbocycles. The predicted octanol–water partition coefficient (Wildman–Crippen LogP) is 7.02. The number of ether oxygens (including phenoxy) is 4. The molecule has 180 valence electrons. The van der Waals surface area contributed by atoms with E-state index in [2.05, 4.69) is 24.4 Å². The standard InChI is InChI=1S/C26H47NO4/c1-6-10-11-12-13-14-16-23(26(29-7-2,30-8-3)31-9-4)17-15-22-27-24-18-20-25(28-5)21-19-24/h18-21,23,27H,6-17,22H2,1-5H3. The van der Waals surface area contributed by atoms with Crippen LogP contribution in [0.1, 0.15) is 85.5 Å². The topological polar surface area (TPSA) is 49.0 Å². The fourth-order valence-electron chi connectivity index (χ4n) is 4.04. The number of benzene rings is 1. The van der Waals surface area contributed by atoms with E-state index in [9.17, 15) is 0 Å². The van der Waals surface area contributed by atoms with E-state index in [4.69, 9.17) is 18.9 Å². The highest BCUT2D eigenvalue weighted by molar-refractivity contribution is 5.46. The fourth-order valence-corrected chi connectivity index (χ4v) is 4.04. The average Bonchev–Trinajstić information content (AvgIpc) is 2.78. The van der Waals surface area contributed by atoms with Gasteiger partial charge in [0.1, 0.15) is 5.75 Å². The van der Waals surface area contributed by atoms with E-state index in [0.29, 0.717) is 19.8 Å². The smallest absolute Gasteiger partial charge is 0.285 e. The molecule has 5 heteroatoms. The van der Waals surface area contributed by atoms with Gasteiger partial charge in [0.05, 0.1) is 7.11 Å². The van der Waals surface area contributed by atoms with Gasteiger partial charge in [-0.05, 0) is 64.3 Å². The van der Waals surface area contributed by atoms with Crippen molar-refractivity contribution in [1.29, 1.82) is 0 Å². The summed E-state index contributed by atoms with van der Waals surface area (Å²) in [5, 5.41) is 3.51. The van der Waals surface area contributed by atoms with Crippen molar-refractivity contribution >= 4 is 5.69 Å². The monoisotopic (exact) mass is 437 g/mol. The first-order chi connectivity index (χ1) is 15.2. The minimum Gasteiger partial charge on any atom is -0.497 e. The maximum Gasteiger partial charge on any atom is 0.285 e. The Morgan fingerprint density at radius 2 is 1.29 bits per heavy atom. The van der Waals surface area contributed by atoms with E-state index in [1.807, 2.05) is 32.9 Å². The molecular formula is C26H47NO4. The third-order valence-corrected chi connectivity index (χ3v) is 5.59. The maximum atomic E-state index is 6.13. The van der Waals surface area contributed by atoms with Crippen LogP contribution in [-0.2, 0) is 14.2 Å². The Balaban J connectivity index is 2.67. The number of hydrogen-bond donors (Lipinski definition) is 1. The van der Waals surface area contributed by atoms with Crippen molar-refractivity contribution < 1.29 is 18.9 Å². The predicted molar refractivity (Wildman–Crippen MR) is 130 cm³/mol. The Labute approximate surface area is 191 Å². The van der Waals surface area contributed by atoms with Gasteiger partial charge in [0.15, 0.2) is 0 Å².